The lowest BCUT2D eigenvalue weighted by atomic mass is 10.2. The summed E-state index contributed by atoms with van der Waals surface area (Å²) in [7, 11) is -3.56. The zero-order valence-electron chi connectivity index (χ0n) is 13.3. The van der Waals surface area contributed by atoms with Crippen molar-refractivity contribution >= 4 is 15.7 Å². The first-order valence-corrected chi connectivity index (χ1v) is 8.82. The molecule has 2 rings (SSSR count). The minimum Gasteiger partial charge on any atom is -0.488 e. The molecule has 0 unspecified atom stereocenters. The van der Waals surface area contributed by atoms with E-state index in [4.69, 9.17) is 4.74 Å². The number of ether oxygens (including phenoxy) is 1. The predicted octanol–water partition coefficient (Wildman–Crippen LogP) is 3.94. The maximum atomic E-state index is 12.8. The van der Waals surface area contributed by atoms with Gasteiger partial charge in [-0.15, -0.1) is 0 Å². The molecule has 0 aliphatic heterocycles. The molecular formula is C17H20FNO3S. The van der Waals surface area contributed by atoms with E-state index in [2.05, 4.69) is 4.72 Å². The lowest BCUT2D eigenvalue weighted by Gasteiger charge is -2.21. The van der Waals surface area contributed by atoms with Crippen LogP contribution in [0.15, 0.2) is 48.5 Å². The fraction of sp³-hybridized carbons (Fsp3) is 0.294. The minimum absolute atomic E-state index is 0.215. The Morgan fingerprint density at radius 3 is 2.09 bits per heavy atom. The van der Waals surface area contributed by atoms with Crippen LogP contribution in [-0.2, 0) is 15.8 Å². The van der Waals surface area contributed by atoms with Crippen molar-refractivity contribution in [1.29, 1.82) is 0 Å². The molecule has 0 spiro atoms. The van der Waals surface area contributed by atoms with Crippen molar-refractivity contribution in [3.8, 4) is 5.75 Å². The van der Waals surface area contributed by atoms with Crippen molar-refractivity contribution in [3.05, 3.63) is 59.9 Å². The van der Waals surface area contributed by atoms with Crippen LogP contribution in [0.5, 0.6) is 5.75 Å². The van der Waals surface area contributed by atoms with Gasteiger partial charge in [0.2, 0.25) is 10.0 Å². The standard InChI is InChI=1S/C17H20FNO3S/c1-17(2,3)22-16-10-8-15(9-11-16)19-23(20,21)12-13-4-6-14(18)7-5-13/h4-11,19H,12H2,1-3H3. The maximum Gasteiger partial charge on any atom is 0.236 e. The van der Waals surface area contributed by atoms with E-state index in [1.54, 1.807) is 24.3 Å². The van der Waals surface area contributed by atoms with Gasteiger partial charge in [0.15, 0.2) is 0 Å². The van der Waals surface area contributed by atoms with E-state index in [0.29, 0.717) is 17.0 Å². The molecule has 0 amide bonds. The summed E-state index contributed by atoms with van der Waals surface area (Å²) in [4.78, 5) is 0. The van der Waals surface area contributed by atoms with Gasteiger partial charge in [0, 0.05) is 5.69 Å². The number of anilines is 1. The first-order valence-electron chi connectivity index (χ1n) is 7.17. The van der Waals surface area contributed by atoms with Crippen LogP contribution >= 0.6 is 0 Å². The van der Waals surface area contributed by atoms with Crippen LogP contribution in [-0.4, -0.2) is 14.0 Å². The molecule has 23 heavy (non-hydrogen) atoms. The molecule has 6 heteroatoms. The van der Waals surface area contributed by atoms with E-state index in [0.717, 1.165) is 0 Å². The molecule has 0 aromatic heterocycles. The molecule has 124 valence electrons. The highest BCUT2D eigenvalue weighted by molar-refractivity contribution is 7.91. The second kappa shape index (κ2) is 6.58. The number of hydrogen-bond donors (Lipinski definition) is 1. The molecule has 0 heterocycles. The molecule has 0 fully saturated rings. The second-order valence-electron chi connectivity index (χ2n) is 6.23. The number of hydrogen-bond acceptors (Lipinski definition) is 3. The molecule has 0 radical (unpaired) electrons. The number of halogens is 1. The summed E-state index contributed by atoms with van der Waals surface area (Å²) in [5.41, 5.74) is 0.656. The van der Waals surface area contributed by atoms with Gasteiger partial charge in [0.25, 0.3) is 0 Å². The normalized spacial score (nSPS) is 12.0. The van der Waals surface area contributed by atoms with Gasteiger partial charge in [0.05, 0.1) is 5.75 Å². The van der Waals surface area contributed by atoms with Crippen LogP contribution in [0.25, 0.3) is 0 Å². The summed E-state index contributed by atoms with van der Waals surface area (Å²) in [6.07, 6.45) is 0. The van der Waals surface area contributed by atoms with Crippen molar-refractivity contribution in [1.82, 2.24) is 0 Å². The molecule has 0 aliphatic rings. The monoisotopic (exact) mass is 337 g/mol. The minimum atomic E-state index is -3.56. The number of benzene rings is 2. The first kappa shape index (κ1) is 17.3. The van der Waals surface area contributed by atoms with E-state index in [9.17, 15) is 12.8 Å². The van der Waals surface area contributed by atoms with Gasteiger partial charge >= 0.3 is 0 Å². The Morgan fingerprint density at radius 2 is 1.57 bits per heavy atom. The second-order valence-corrected chi connectivity index (χ2v) is 7.95. The van der Waals surface area contributed by atoms with E-state index in [-0.39, 0.29) is 11.4 Å². The zero-order chi connectivity index (χ0) is 17.1. The molecular weight excluding hydrogens is 317 g/mol. The highest BCUT2D eigenvalue weighted by atomic mass is 32.2. The van der Waals surface area contributed by atoms with Gasteiger partial charge in [0.1, 0.15) is 17.2 Å². The summed E-state index contributed by atoms with van der Waals surface area (Å²) in [6.45, 7) is 5.81. The van der Waals surface area contributed by atoms with Crippen LogP contribution in [0, 0.1) is 5.82 Å². The highest BCUT2D eigenvalue weighted by Gasteiger charge is 2.14. The Hall–Kier alpha value is -2.08. The molecule has 2 aromatic rings. The quantitative estimate of drug-likeness (QED) is 0.899. The third kappa shape index (κ3) is 5.90. The van der Waals surface area contributed by atoms with E-state index in [1.165, 1.54) is 24.3 Å². The summed E-state index contributed by atoms with van der Waals surface area (Å²) in [5.74, 6) is 0.0561. The number of nitrogens with one attached hydrogen (secondary N) is 1. The van der Waals surface area contributed by atoms with Crippen LogP contribution < -0.4 is 9.46 Å². The summed E-state index contributed by atoms with van der Waals surface area (Å²) < 4.78 is 45.3. The van der Waals surface area contributed by atoms with Crippen LogP contribution in [0.1, 0.15) is 26.3 Å². The van der Waals surface area contributed by atoms with E-state index < -0.39 is 15.8 Å². The van der Waals surface area contributed by atoms with Crippen LogP contribution in [0.4, 0.5) is 10.1 Å². The van der Waals surface area contributed by atoms with Crippen molar-refractivity contribution in [2.75, 3.05) is 4.72 Å². The van der Waals surface area contributed by atoms with Crippen molar-refractivity contribution in [2.24, 2.45) is 0 Å². The highest BCUT2D eigenvalue weighted by Crippen LogP contribution is 2.21. The van der Waals surface area contributed by atoms with Crippen molar-refractivity contribution < 1.29 is 17.5 Å². The van der Waals surface area contributed by atoms with Gasteiger partial charge in [-0.3, -0.25) is 4.72 Å². The Bertz CT molecular complexity index is 748. The van der Waals surface area contributed by atoms with Crippen molar-refractivity contribution in [2.45, 2.75) is 32.1 Å². The van der Waals surface area contributed by atoms with Crippen LogP contribution in [0.3, 0.4) is 0 Å². The summed E-state index contributed by atoms with van der Waals surface area (Å²) in [5, 5.41) is 0. The SMILES string of the molecule is CC(C)(C)Oc1ccc(NS(=O)(=O)Cc2ccc(F)cc2)cc1. The Kier molecular flexibility index (Phi) is 4.94. The Labute approximate surface area is 136 Å². The average molecular weight is 337 g/mol. The summed E-state index contributed by atoms with van der Waals surface area (Å²) >= 11 is 0. The van der Waals surface area contributed by atoms with Gasteiger partial charge in [-0.25, -0.2) is 12.8 Å². The van der Waals surface area contributed by atoms with Gasteiger partial charge < -0.3 is 4.74 Å². The number of sulfonamides is 1. The third-order valence-electron chi connectivity index (χ3n) is 2.82. The Balaban J connectivity index is 2.04. The van der Waals surface area contributed by atoms with Crippen LogP contribution in [0.2, 0.25) is 0 Å². The lowest BCUT2D eigenvalue weighted by Crippen LogP contribution is -2.22. The lowest BCUT2D eigenvalue weighted by molar-refractivity contribution is 0.131. The van der Waals surface area contributed by atoms with Gasteiger partial charge in [-0.05, 0) is 62.7 Å². The average Bonchev–Trinajstić information content (AvgIpc) is 2.41. The predicted molar refractivity (Wildman–Crippen MR) is 89.5 cm³/mol. The van der Waals surface area contributed by atoms with Crippen molar-refractivity contribution in [3.63, 3.8) is 0 Å². The fourth-order valence-corrected chi connectivity index (χ4v) is 3.16. The van der Waals surface area contributed by atoms with Gasteiger partial charge in [-0.2, -0.15) is 0 Å². The topological polar surface area (TPSA) is 55.4 Å². The molecule has 1 N–H and O–H groups in total. The third-order valence-corrected chi connectivity index (χ3v) is 4.08. The molecule has 0 saturated carbocycles. The van der Waals surface area contributed by atoms with Gasteiger partial charge in [-0.1, -0.05) is 12.1 Å². The molecule has 2 aromatic carbocycles. The largest absolute Gasteiger partial charge is 0.488 e. The zero-order valence-corrected chi connectivity index (χ0v) is 14.2. The van der Waals surface area contributed by atoms with E-state index >= 15 is 0 Å². The Morgan fingerprint density at radius 1 is 1.00 bits per heavy atom. The molecule has 0 saturated heterocycles. The number of rotatable bonds is 5. The molecule has 0 atom stereocenters. The smallest absolute Gasteiger partial charge is 0.236 e. The molecule has 4 nitrogen and oxygen atoms in total. The molecule has 0 aliphatic carbocycles. The molecule has 0 bridgehead atoms. The maximum absolute atomic E-state index is 12.8. The van der Waals surface area contributed by atoms with E-state index in [1.807, 2.05) is 20.8 Å². The first-order chi connectivity index (χ1) is 10.6. The fourth-order valence-electron chi connectivity index (χ4n) is 1.96. The summed E-state index contributed by atoms with van der Waals surface area (Å²) in [6, 6.07) is 12.1.